The van der Waals surface area contributed by atoms with Gasteiger partial charge in [-0.05, 0) is 18.2 Å². The summed E-state index contributed by atoms with van der Waals surface area (Å²) in [5, 5.41) is 8.37. The van der Waals surface area contributed by atoms with Gasteiger partial charge in [0.15, 0.2) is 5.78 Å². The minimum atomic E-state index is 0.108. The van der Waals surface area contributed by atoms with Gasteiger partial charge in [-0.2, -0.15) is 10.2 Å². The minimum absolute atomic E-state index is 0.108. The zero-order valence-corrected chi connectivity index (χ0v) is 9.95. The molecule has 3 aromatic heterocycles. The SMILES string of the molecule is CCC(=O)c1cnn2cc(-n3cccn3)ccc12. The largest absolute Gasteiger partial charge is 0.294 e. The number of aromatic nitrogens is 4. The van der Waals surface area contributed by atoms with Crippen molar-refractivity contribution in [1.82, 2.24) is 19.4 Å². The number of hydrogen-bond acceptors (Lipinski definition) is 3. The van der Waals surface area contributed by atoms with Crippen molar-refractivity contribution in [2.75, 3.05) is 0 Å². The molecule has 0 saturated carbocycles. The summed E-state index contributed by atoms with van der Waals surface area (Å²) in [4.78, 5) is 11.7. The van der Waals surface area contributed by atoms with E-state index < -0.39 is 0 Å². The Hall–Kier alpha value is -2.43. The van der Waals surface area contributed by atoms with Crippen LogP contribution in [0.25, 0.3) is 11.2 Å². The van der Waals surface area contributed by atoms with Crippen LogP contribution in [0.15, 0.2) is 43.0 Å². The van der Waals surface area contributed by atoms with Crippen LogP contribution >= 0.6 is 0 Å². The van der Waals surface area contributed by atoms with Crippen molar-refractivity contribution >= 4 is 11.3 Å². The van der Waals surface area contributed by atoms with Crippen LogP contribution in [0.3, 0.4) is 0 Å². The fourth-order valence-corrected chi connectivity index (χ4v) is 1.94. The third-order valence-corrected chi connectivity index (χ3v) is 2.89. The molecule has 0 N–H and O–H groups in total. The third-order valence-electron chi connectivity index (χ3n) is 2.89. The highest BCUT2D eigenvalue weighted by atomic mass is 16.1. The van der Waals surface area contributed by atoms with Crippen molar-refractivity contribution in [3.05, 3.63) is 48.5 Å². The lowest BCUT2D eigenvalue weighted by atomic mass is 10.1. The molecular formula is C13H12N4O. The lowest BCUT2D eigenvalue weighted by Gasteiger charge is -2.02. The van der Waals surface area contributed by atoms with Gasteiger partial charge in [0, 0.05) is 18.8 Å². The van der Waals surface area contributed by atoms with Crippen LogP contribution in [-0.2, 0) is 0 Å². The lowest BCUT2D eigenvalue weighted by molar-refractivity contribution is 0.0989. The minimum Gasteiger partial charge on any atom is -0.294 e. The second-order valence-corrected chi connectivity index (χ2v) is 4.00. The highest BCUT2D eigenvalue weighted by Crippen LogP contribution is 2.15. The van der Waals surface area contributed by atoms with Gasteiger partial charge in [0.2, 0.25) is 0 Å². The molecule has 3 heterocycles. The first-order chi connectivity index (χ1) is 8.79. The molecule has 0 aliphatic rings. The van der Waals surface area contributed by atoms with Crippen LogP contribution in [-0.4, -0.2) is 25.2 Å². The summed E-state index contributed by atoms with van der Waals surface area (Å²) in [5.41, 5.74) is 2.41. The summed E-state index contributed by atoms with van der Waals surface area (Å²) in [6, 6.07) is 5.68. The average Bonchev–Trinajstić information content (AvgIpc) is 3.06. The Bertz CT molecular complexity index is 697. The molecule has 0 aromatic carbocycles. The van der Waals surface area contributed by atoms with Crippen molar-refractivity contribution in [3.8, 4) is 5.69 Å². The Morgan fingerprint density at radius 1 is 1.33 bits per heavy atom. The Balaban J connectivity index is 2.13. The zero-order chi connectivity index (χ0) is 12.5. The Morgan fingerprint density at radius 3 is 2.94 bits per heavy atom. The van der Waals surface area contributed by atoms with E-state index in [9.17, 15) is 4.79 Å². The molecule has 0 fully saturated rings. The number of ketones is 1. The summed E-state index contributed by atoms with van der Waals surface area (Å²) in [5.74, 6) is 0.108. The molecule has 0 saturated heterocycles. The molecule has 0 spiro atoms. The van der Waals surface area contributed by atoms with Gasteiger partial charge in [0.05, 0.1) is 29.2 Å². The molecule has 3 aromatic rings. The molecular weight excluding hydrogens is 228 g/mol. The number of pyridine rings is 1. The van der Waals surface area contributed by atoms with Crippen molar-refractivity contribution in [3.63, 3.8) is 0 Å². The molecule has 0 aliphatic heterocycles. The number of rotatable bonds is 3. The molecule has 3 rings (SSSR count). The molecule has 5 heteroatoms. The van der Waals surface area contributed by atoms with Crippen LogP contribution in [0.1, 0.15) is 23.7 Å². The molecule has 0 radical (unpaired) electrons. The molecule has 18 heavy (non-hydrogen) atoms. The first kappa shape index (κ1) is 10.7. The number of carbonyl (C=O) groups is 1. The maximum absolute atomic E-state index is 11.7. The first-order valence-corrected chi connectivity index (χ1v) is 5.80. The van der Waals surface area contributed by atoms with Gasteiger partial charge in [0.1, 0.15) is 0 Å². The number of hydrogen-bond donors (Lipinski definition) is 0. The number of carbonyl (C=O) groups excluding carboxylic acids is 1. The highest BCUT2D eigenvalue weighted by molar-refractivity contribution is 6.01. The summed E-state index contributed by atoms with van der Waals surface area (Å²) < 4.78 is 3.46. The van der Waals surface area contributed by atoms with Gasteiger partial charge in [-0.25, -0.2) is 9.20 Å². The Kier molecular flexibility index (Phi) is 2.44. The quantitative estimate of drug-likeness (QED) is 0.659. The summed E-state index contributed by atoms with van der Waals surface area (Å²) in [6.45, 7) is 1.85. The standard InChI is InChI=1S/C13H12N4O/c1-2-13(18)11-8-15-17-9-10(4-5-12(11)17)16-7-3-6-14-16/h3-9H,2H2,1H3. The van der Waals surface area contributed by atoms with Gasteiger partial charge < -0.3 is 0 Å². The van der Waals surface area contributed by atoms with Gasteiger partial charge in [-0.1, -0.05) is 6.92 Å². The van der Waals surface area contributed by atoms with E-state index in [2.05, 4.69) is 10.2 Å². The van der Waals surface area contributed by atoms with E-state index in [0.717, 1.165) is 11.2 Å². The number of fused-ring (bicyclic) bond motifs is 1. The van der Waals surface area contributed by atoms with Gasteiger partial charge >= 0.3 is 0 Å². The number of nitrogens with zero attached hydrogens (tertiary/aromatic N) is 4. The lowest BCUT2D eigenvalue weighted by Crippen LogP contribution is -1.99. The van der Waals surface area contributed by atoms with E-state index in [1.807, 2.05) is 37.5 Å². The van der Waals surface area contributed by atoms with Crippen molar-refractivity contribution in [2.24, 2.45) is 0 Å². The monoisotopic (exact) mass is 240 g/mol. The Labute approximate surface area is 104 Å². The highest BCUT2D eigenvalue weighted by Gasteiger charge is 2.11. The summed E-state index contributed by atoms with van der Waals surface area (Å²) in [7, 11) is 0. The molecule has 0 atom stereocenters. The topological polar surface area (TPSA) is 52.2 Å². The second-order valence-electron chi connectivity index (χ2n) is 4.00. The van der Waals surface area contributed by atoms with Crippen LogP contribution in [0, 0.1) is 0 Å². The maximum atomic E-state index is 11.7. The summed E-state index contributed by atoms with van der Waals surface area (Å²) in [6.07, 6.45) is 7.55. The van der Waals surface area contributed by atoms with Crippen LogP contribution in [0.4, 0.5) is 0 Å². The number of Topliss-reactive ketones (excluding diaryl/α,β-unsaturated/α-hetero) is 1. The fourth-order valence-electron chi connectivity index (χ4n) is 1.94. The van der Waals surface area contributed by atoms with Crippen molar-refractivity contribution in [1.29, 1.82) is 0 Å². The van der Waals surface area contributed by atoms with Crippen molar-refractivity contribution < 1.29 is 4.79 Å². The van der Waals surface area contributed by atoms with E-state index in [1.54, 1.807) is 21.6 Å². The third kappa shape index (κ3) is 1.60. The predicted octanol–water partition coefficient (Wildman–Crippen LogP) is 2.11. The average molecular weight is 240 g/mol. The molecule has 0 bridgehead atoms. The molecule has 5 nitrogen and oxygen atoms in total. The zero-order valence-electron chi connectivity index (χ0n) is 9.95. The first-order valence-electron chi connectivity index (χ1n) is 5.80. The molecule has 0 aliphatic carbocycles. The molecule has 90 valence electrons. The van der Waals surface area contributed by atoms with E-state index in [1.165, 1.54) is 0 Å². The van der Waals surface area contributed by atoms with Crippen LogP contribution in [0.2, 0.25) is 0 Å². The predicted molar refractivity (Wildman–Crippen MR) is 66.9 cm³/mol. The van der Waals surface area contributed by atoms with Gasteiger partial charge in [0.25, 0.3) is 0 Å². The van der Waals surface area contributed by atoms with E-state index in [0.29, 0.717) is 12.0 Å². The Morgan fingerprint density at radius 2 is 2.22 bits per heavy atom. The van der Waals surface area contributed by atoms with Gasteiger partial charge in [-0.15, -0.1) is 0 Å². The normalized spacial score (nSPS) is 10.9. The van der Waals surface area contributed by atoms with E-state index >= 15 is 0 Å². The molecule has 0 unspecified atom stereocenters. The van der Waals surface area contributed by atoms with E-state index in [4.69, 9.17) is 0 Å². The smallest absolute Gasteiger partial charge is 0.166 e. The van der Waals surface area contributed by atoms with Crippen LogP contribution < -0.4 is 0 Å². The molecule has 0 amide bonds. The maximum Gasteiger partial charge on any atom is 0.166 e. The second kappa shape index (κ2) is 4.10. The fraction of sp³-hybridized carbons (Fsp3) is 0.154. The van der Waals surface area contributed by atoms with Crippen LogP contribution in [0.5, 0.6) is 0 Å². The summed E-state index contributed by atoms with van der Waals surface area (Å²) >= 11 is 0. The van der Waals surface area contributed by atoms with Gasteiger partial charge in [-0.3, -0.25) is 4.79 Å². The van der Waals surface area contributed by atoms with Crippen molar-refractivity contribution in [2.45, 2.75) is 13.3 Å². The van der Waals surface area contributed by atoms with E-state index in [-0.39, 0.29) is 5.78 Å².